The van der Waals surface area contributed by atoms with Gasteiger partial charge in [0.25, 0.3) is 11.6 Å². The van der Waals surface area contributed by atoms with E-state index in [1.54, 1.807) is 0 Å². The summed E-state index contributed by atoms with van der Waals surface area (Å²) in [6.45, 7) is -0.732. The Morgan fingerprint density at radius 2 is 1.87 bits per heavy atom. The van der Waals surface area contributed by atoms with Gasteiger partial charge < -0.3 is 4.74 Å². The number of ketones is 1. The second kappa shape index (κ2) is 9.35. The van der Waals surface area contributed by atoms with Crippen molar-refractivity contribution in [3.05, 3.63) is 74.8 Å². The number of amides is 2. The van der Waals surface area contributed by atoms with Crippen molar-refractivity contribution in [1.82, 2.24) is 10.4 Å². The summed E-state index contributed by atoms with van der Waals surface area (Å²) in [7, 11) is 0. The average Bonchev–Trinajstić information content (AvgIpc) is 3.12. The largest absolute Gasteiger partial charge is 0.457 e. The number of carbonyl (C=O) groups is 4. The number of halogens is 1. The summed E-state index contributed by atoms with van der Waals surface area (Å²) in [4.78, 5) is 58.9. The van der Waals surface area contributed by atoms with Crippen molar-refractivity contribution < 1.29 is 28.8 Å². The number of benzene rings is 2. The van der Waals surface area contributed by atoms with Crippen LogP contribution in [0.15, 0.2) is 48.5 Å². The lowest BCUT2D eigenvalue weighted by atomic mass is 10.1. The number of hydrogen-bond acceptors (Lipinski definition) is 7. The highest BCUT2D eigenvalue weighted by atomic mass is 35.5. The first-order valence-corrected chi connectivity index (χ1v) is 9.43. The maximum atomic E-state index is 12.3. The van der Waals surface area contributed by atoms with Crippen molar-refractivity contribution in [3.8, 4) is 0 Å². The summed E-state index contributed by atoms with van der Waals surface area (Å²) in [5, 5.41) is 12.3. The lowest BCUT2D eigenvalue weighted by Crippen LogP contribution is -2.43. The zero-order chi connectivity index (χ0) is 22.5. The van der Waals surface area contributed by atoms with Crippen LogP contribution in [0.5, 0.6) is 0 Å². The van der Waals surface area contributed by atoms with Crippen molar-refractivity contribution in [1.29, 1.82) is 0 Å². The molecule has 0 aliphatic carbocycles. The lowest BCUT2D eigenvalue weighted by molar-refractivity contribution is -0.384. The van der Waals surface area contributed by atoms with Gasteiger partial charge in [0, 0.05) is 34.7 Å². The topological polar surface area (TPSA) is 136 Å². The van der Waals surface area contributed by atoms with E-state index in [1.807, 2.05) is 0 Å². The number of ether oxygens (including phenoxy) is 1. The molecule has 1 aliphatic rings. The van der Waals surface area contributed by atoms with Crippen LogP contribution in [0.1, 0.15) is 27.1 Å². The second-order valence-corrected chi connectivity index (χ2v) is 7.13. The zero-order valence-corrected chi connectivity index (χ0v) is 16.7. The normalized spacial score (nSPS) is 15.5. The van der Waals surface area contributed by atoms with Gasteiger partial charge in [-0.3, -0.25) is 39.7 Å². The van der Waals surface area contributed by atoms with Crippen LogP contribution in [0, 0.1) is 16.0 Å². The van der Waals surface area contributed by atoms with Gasteiger partial charge in [-0.05, 0) is 24.3 Å². The molecule has 2 amide bonds. The molecule has 0 spiro atoms. The SMILES string of the molecule is O=C(COC(=O)C1CC(=O)N(NC(=O)c2ccc(Cl)cc2)C1)c1cccc([N+](=O)[O-])c1. The van der Waals surface area contributed by atoms with E-state index in [-0.39, 0.29) is 29.8 Å². The van der Waals surface area contributed by atoms with Crippen molar-refractivity contribution in [2.45, 2.75) is 6.42 Å². The third-order valence-corrected chi connectivity index (χ3v) is 4.78. The molecule has 0 radical (unpaired) electrons. The highest BCUT2D eigenvalue weighted by molar-refractivity contribution is 6.30. The molecule has 2 aromatic rings. The van der Waals surface area contributed by atoms with Crippen LogP contribution in [0.25, 0.3) is 0 Å². The number of nitro benzene ring substituents is 1. The van der Waals surface area contributed by atoms with Crippen LogP contribution >= 0.6 is 11.6 Å². The predicted molar refractivity (Wildman–Crippen MR) is 107 cm³/mol. The van der Waals surface area contributed by atoms with Crippen molar-refractivity contribution in [2.75, 3.05) is 13.2 Å². The number of hydrogen-bond donors (Lipinski definition) is 1. The molecule has 1 saturated heterocycles. The molecule has 2 aromatic carbocycles. The monoisotopic (exact) mass is 445 g/mol. The Balaban J connectivity index is 1.53. The summed E-state index contributed by atoms with van der Waals surface area (Å²) in [6.07, 6.45) is -0.190. The van der Waals surface area contributed by atoms with E-state index in [2.05, 4.69) is 5.43 Å². The van der Waals surface area contributed by atoms with E-state index in [0.717, 1.165) is 11.1 Å². The Labute approximate surface area is 180 Å². The number of nitrogens with one attached hydrogen (secondary N) is 1. The number of non-ortho nitro benzene ring substituents is 1. The minimum absolute atomic E-state index is 0.0290. The fourth-order valence-corrected chi connectivity index (χ4v) is 3.02. The highest BCUT2D eigenvalue weighted by Gasteiger charge is 2.36. The smallest absolute Gasteiger partial charge is 0.311 e. The van der Waals surface area contributed by atoms with Gasteiger partial charge in [0.05, 0.1) is 17.4 Å². The fraction of sp³-hybridized carbons (Fsp3) is 0.200. The molecule has 1 atom stereocenters. The second-order valence-electron chi connectivity index (χ2n) is 6.69. The molecule has 0 aromatic heterocycles. The van der Waals surface area contributed by atoms with Gasteiger partial charge >= 0.3 is 5.97 Å². The number of rotatable bonds is 7. The molecule has 11 heteroatoms. The van der Waals surface area contributed by atoms with Crippen LogP contribution in [-0.4, -0.2) is 46.7 Å². The zero-order valence-electron chi connectivity index (χ0n) is 15.9. The van der Waals surface area contributed by atoms with Gasteiger partial charge in [-0.1, -0.05) is 23.7 Å². The van der Waals surface area contributed by atoms with Gasteiger partial charge in [0.2, 0.25) is 11.7 Å². The van der Waals surface area contributed by atoms with Crippen LogP contribution < -0.4 is 5.43 Å². The molecule has 3 rings (SSSR count). The van der Waals surface area contributed by atoms with E-state index in [4.69, 9.17) is 16.3 Å². The Morgan fingerprint density at radius 1 is 1.16 bits per heavy atom. The molecule has 31 heavy (non-hydrogen) atoms. The summed E-state index contributed by atoms with van der Waals surface area (Å²) < 4.78 is 4.98. The lowest BCUT2D eigenvalue weighted by Gasteiger charge is -2.17. The molecule has 1 aliphatic heterocycles. The van der Waals surface area contributed by atoms with Crippen molar-refractivity contribution in [3.63, 3.8) is 0 Å². The van der Waals surface area contributed by atoms with Crippen LogP contribution in [0.3, 0.4) is 0 Å². The van der Waals surface area contributed by atoms with Crippen LogP contribution in [0.4, 0.5) is 5.69 Å². The van der Waals surface area contributed by atoms with Gasteiger partial charge in [-0.25, -0.2) is 0 Å². The third-order valence-electron chi connectivity index (χ3n) is 4.53. The number of hydrazine groups is 1. The van der Waals surface area contributed by atoms with E-state index < -0.39 is 41.0 Å². The number of carbonyl (C=O) groups excluding carboxylic acids is 4. The Kier molecular flexibility index (Phi) is 6.61. The first-order valence-electron chi connectivity index (χ1n) is 9.06. The van der Waals surface area contributed by atoms with Crippen molar-refractivity contribution >= 4 is 40.9 Å². The minimum atomic E-state index is -0.865. The van der Waals surface area contributed by atoms with E-state index >= 15 is 0 Å². The third kappa shape index (κ3) is 5.43. The van der Waals surface area contributed by atoms with E-state index in [0.29, 0.717) is 5.02 Å². The van der Waals surface area contributed by atoms with Gasteiger partial charge in [0.1, 0.15) is 0 Å². The van der Waals surface area contributed by atoms with Crippen molar-refractivity contribution in [2.24, 2.45) is 5.92 Å². The summed E-state index contributed by atoms with van der Waals surface area (Å²) in [5.41, 5.74) is 2.47. The molecule has 0 saturated carbocycles. The number of nitro groups is 1. The first kappa shape index (κ1) is 21.9. The summed E-state index contributed by atoms with van der Waals surface area (Å²) in [6, 6.07) is 11.1. The molecular formula is C20H16ClN3O7. The Hall–Kier alpha value is -3.79. The molecule has 1 N–H and O–H groups in total. The molecule has 10 nitrogen and oxygen atoms in total. The van der Waals surface area contributed by atoms with Gasteiger partial charge in [-0.2, -0.15) is 0 Å². The van der Waals surface area contributed by atoms with Crippen LogP contribution in [0.2, 0.25) is 5.02 Å². The summed E-state index contributed by atoms with van der Waals surface area (Å²) in [5.74, 6) is -3.28. The number of nitrogens with zero attached hydrogens (tertiary/aromatic N) is 2. The molecule has 160 valence electrons. The number of esters is 1. The van der Waals surface area contributed by atoms with Gasteiger partial charge in [0.15, 0.2) is 6.61 Å². The first-order chi connectivity index (χ1) is 14.7. The van der Waals surface area contributed by atoms with Crippen LogP contribution in [-0.2, 0) is 14.3 Å². The molecule has 1 heterocycles. The standard InChI is InChI=1S/C20H16ClN3O7/c21-15-6-4-12(5-7-15)19(27)22-23-10-14(9-18(23)26)20(28)31-11-17(25)13-2-1-3-16(8-13)24(29)30/h1-8,14H,9-11H2,(H,22,27). The maximum absolute atomic E-state index is 12.3. The highest BCUT2D eigenvalue weighted by Crippen LogP contribution is 2.19. The molecular weight excluding hydrogens is 430 g/mol. The molecule has 1 unspecified atom stereocenters. The number of Topliss-reactive ketones (excluding diaryl/α,β-unsaturated/α-hetero) is 1. The minimum Gasteiger partial charge on any atom is -0.457 e. The summed E-state index contributed by atoms with van der Waals surface area (Å²) >= 11 is 5.77. The Morgan fingerprint density at radius 3 is 2.55 bits per heavy atom. The fourth-order valence-electron chi connectivity index (χ4n) is 2.89. The van der Waals surface area contributed by atoms with E-state index in [9.17, 15) is 29.3 Å². The Bertz CT molecular complexity index is 1050. The predicted octanol–water partition coefficient (Wildman–Crippen LogP) is 2.17. The molecule has 0 bridgehead atoms. The van der Waals surface area contributed by atoms with E-state index in [1.165, 1.54) is 42.5 Å². The van der Waals surface area contributed by atoms with Gasteiger partial charge in [-0.15, -0.1) is 0 Å². The maximum Gasteiger partial charge on any atom is 0.311 e. The average molecular weight is 446 g/mol. The quantitative estimate of drug-likeness (QED) is 0.298. The molecule has 1 fully saturated rings.